The SMILES string of the molecule is CC(C)SC(SC(C)C)c1cccc(OCc2nc3ccccc3s2)c1. The monoisotopic (exact) mass is 403 g/mol. The third-order valence-electron chi connectivity index (χ3n) is 3.62. The van der Waals surface area contributed by atoms with Gasteiger partial charge in [0.15, 0.2) is 0 Å². The Balaban J connectivity index is 1.71. The highest BCUT2D eigenvalue weighted by molar-refractivity contribution is 8.16. The van der Waals surface area contributed by atoms with Crippen LogP contribution < -0.4 is 4.74 Å². The molecule has 0 saturated carbocycles. The second kappa shape index (κ2) is 9.16. The lowest BCUT2D eigenvalue weighted by Crippen LogP contribution is -2.01. The molecular weight excluding hydrogens is 378 g/mol. The van der Waals surface area contributed by atoms with Gasteiger partial charge in [-0.2, -0.15) is 0 Å². The van der Waals surface area contributed by atoms with Crippen LogP contribution in [0.15, 0.2) is 48.5 Å². The topological polar surface area (TPSA) is 22.1 Å². The maximum atomic E-state index is 6.05. The molecule has 0 unspecified atom stereocenters. The van der Waals surface area contributed by atoms with E-state index in [0.717, 1.165) is 16.3 Å². The average Bonchev–Trinajstić information content (AvgIpc) is 3.02. The summed E-state index contributed by atoms with van der Waals surface area (Å²) >= 11 is 5.71. The first-order chi connectivity index (χ1) is 12.5. The largest absolute Gasteiger partial charge is 0.486 e. The lowest BCUT2D eigenvalue weighted by atomic mass is 10.2. The van der Waals surface area contributed by atoms with Crippen molar-refractivity contribution in [1.82, 2.24) is 4.98 Å². The minimum absolute atomic E-state index is 0.431. The molecule has 0 aliphatic carbocycles. The first-order valence-corrected chi connectivity index (χ1v) is 11.6. The van der Waals surface area contributed by atoms with Gasteiger partial charge in [0.25, 0.3) is 0 Å². The van der Waals surface area contributed by atoms with E-state index in [1.54, 1.807) is 11.3 Å². The summed E-state index contributed by atoms with van der Waals surface area (Å²) < 4.78 is 7.69. The van der Waals surface area contributed by atoms with Crippen molar-refractivity contribution in [3.05, 3.63) is 59.1 Å². The predicted molar refractivity (Wildman–Crippen MR) is 119 cm³/mol. The van der Waals surface area contributed by atoms with E-state index in [0.29, 0.717) is 21.7 Å². The molecule has 2 nitrogen and oxygen atoms in total. The number of fused-ring (bicyclic) bond motifs is 1. The Morgan fingerprint density at radius 3 is 2.38 bits per heavy atom. The van der Waals surface area contributed by atoms with Crippen LogP contribution in [0, 0.1) is 0 Å². The zero-order valence-electron chi connectivity index (χ0n) is 15.6. The first kappa shape index (κ1) is 19.6. The Kier molecular flexibility index (Phi) is 6.90. The second-order valence-corrected chi connectivity index (χ2v) is 11.4. The number of rotatable bonds is 8. The number of ether oxygens (including phenoxy) is 1. The smallest absolute Gasteiger partial charge is 0.140 e. The average molecular weight is 404 g/mol. The normalized spacial score (nSPS) is 11.8. The van der Waals surface area contributed by atoms with Gasteiger partial charge in [0, 0.05) is 10.5 Å². The standard InChI is InChI=1S/C21H25NOS3/c1-14(2)24-21(25-15(3)4)16-8-7-9-17(12-16)23-13-20-22-18-10-5-6-11-19(18)26-20/h5-12,14-15,21H,13H2,1-4H3. The van der Waals surface area contributed by atoms with Gasteiger partial charge >= 0.3 is 0 Å². The lowest BCUT2D eigenvalue weighted by molar-refractivity contribution is 0.305. The van der Waals surface area contributed by atoms with Crippen molar-refractivity contribution < 1.29 is 4.74 Å². The van der Waals surface area contributed by atoms with Crippen molar-refractivity contribution in [1.29, 1.82) is 0 Å². The third kappa shape index (κ3) is 5.41. The van der Waals surface area contributed by atoms with E-state index in [4.69, 9.17) is 4.74 Å². The molecule has 0 bridgehead atoms. The number of para-hydroxylation sites is 1. The van der Waals surface area contributed by atoms with Gasteiger partial charge in [-0.15, -0.1) is 34.9 Å². The van der Waals surface area contributed by atoms with Gasteiger partial charge in [-0.1, -0.05) is 52.0 Å². The molecule has 0 spiro atoms. The molecule has 0 amide bonds. The van der Waals surface area contributed by atoms with Crippen LogP contribution >= 0.6 is 34.9 Å². The van der Waals surface area contributed by atoms with Crippen molar-refractivity contribution in [2.45, 2.75) is 49.4 Å². The van der Waals surface area contributed by atoms with Crippen LogP contribution in [-0.2, 0) is 6.61 Å². The number of thioether (sulfide) groups is 2. The molecule has 1 aromatic heterocycles. The van der Waals surface area contributed by atoms with E-state index in [9.17, 15) is 0 Å². The fourth-order valence-electron chi connectivity index (χ4n) is 2.56. The first-order valence-electron chi connectivity index (χ1n) is 8.89. The lowest BCUT2D eigenvalue weighted by Gasteiger charge is -2.21. The quantitative estimate of drug-likeness (QED) is 0.372. The third-order valence-corrected chi connectivity index (χ3v) is 7.43. The highest BCUT2D eigenvalue weighted by Gasteiger charge is 2.17. The van der Waals surface area contributed by atoms with Gasteiger partial charge in [0.05, 0.1) is 14.8 Å². The minimum Gasteiger partial charge on any atom is -0.486 e. The molecule has 0 saturated heterocycles. The van der Waals surface area contributed by atoms with Crippen molar-refractivity contribution in [2.24, 2.45) is 0 Å². The second-order valence-electron chi connectivity index (χ2n) is 6.64. The summed E-state index contributed by atoms with van der Waals surface area (Å²) in [5.41, 5.74) is 2.37. The molecule has 2 aromatic carbocycles. The number of aromatic nitrogens is 1. The van der Waals surface area contributed by atoms with Crippen molar-refractivity contribution >= 4 is 45.1 Å². The molecule has 0 fully saturated rings. The summed E-state index contributed by atoms with van der Waals surface area (Å²) in [4.78, 5) is 4.65. The highest BCUT2D eigenvalue weighted by atomic mass is 32.2. The van der Waals surface area contributed by atoms with Gasteiger partial charge in [-0.05, 0) is 29.8 Å². The Labute approximate surface area is 168 Å². The molecule has 0 aliphatic heterocycles. The Hall–Kier alpha value is -1.17. The van der Waals surface area contributed by atoms with Crippen LogP contribution in [0.5, 0.6) is 5.75 Å². The molecule has 138 valence electrons. The van der Waals surface area contributed by atoms with Gasteiger partial charge < -0.3 is 4.74 Å². The van der Waals surface area contributed by atoms with Gasteiger partial charge in [0.2, 0.25) is 0 Å². The summed E-state index contributed by atoms with van der Waals surface area (Å²) in [6.07, 6.45) is 0. The molecule has 0 radical (unpaired) electrons. The van der Waals surface area contributed by atoms with Crippen LogP contribution in [0.3, 0.4) is 0 Å². The zero-order valence-corrected chi connectivity index (χ0v) is 18.1. The molecule has 0 atom stereocenters. The van der Waals surface area contributed by atoms with E-state index < -0.39 is 0 Å². The van der Waals surface area contributed by atoms with Crippen LogP contribution in [0.2, 0.25) is 0 Å². The molecule has 0 aliphatic rings. The summed E-state index contributed by atoms with van der Waals surface area (Å²) in [7, 11) is 0. The van der Waals surface area contributed by atoms with Crippen LogP contribution in [-0.4, -0.2) is 15.5 Å². The fraction of sp³-hybridized carbons (Fsp3) is 0.381. The van der Waals surface area contributed by atoms with Crippen LogP contribution in [0.25, 0.3) is 10.2 Å². The van der Waals surface area contributed by atoms with E-state index in [2.05, 4.69) is 56.9 Å². The summed E-state index contributed by atoms with van der Waals surface area (Å²) in [5.74, 6) is 0.917. The maximum absolute atomic E-state index is 6.05. The Morgan fingerprint density at radius 1 is 0.962 bits per heavy atom. The summed E-state index contributed by atoms with van der Waals surface area (Å²) in [6.45, 7) is 9.54. The van der Waals surface area contributed by atoms with Crippen molar-refractivity contribution in [3.63, 3.8) is 0 Å². The van der Waals surface area contributed by atoms with Gasteiger partial charge in [0.1, 0.15) is 17.4 Å². The van der Waals surface area contributed by atoms with Crippen LogP contribution in [0.1, 0.15) is 42.8 Å². The summed E-state index contributed by atoms with van der Waals surface area (Å²) in [6, 6.07) is 16.7. The Bertz CT molecular complexity index is 801. The number of benzene rings is 2. The van der Waals surface area contributed by atoms with Gasteiger partial charge in [-0.25, -0.2) is 4.98 Å². The molecule has 5 heteroatoms. The number of thiazole rings is 1. The zero-order chi connectivity index (χ0) is 18.5. The fourth-order valence-corrected chi connectivity index (χ4v) is 6.63. The van der Waals surface area contributed by atoms with E-state index in [1.165, 1.54) is 10.3 Å². The maximum Gasteiger partial charge on any atom is 0.140 e. The van der Waals surface area contributed by atoms with E-state index in [-0.39, 0.29) is 0 Å². The molecule has 3 rings (SSSR count). The molecule has 1 heterocycles. The minimum atomic E-state index is 0.431. The number of nitrogens with zero attached hydrogens (tertiary/aromatic N) is 1. The molecular formula is C21H25NOS3. The number of hydrogen-bond acceptors (Lipinski definition) is 5. The van der Waals surface area contributed by atoms with Crippen molar-refractivity contribution in [2.75, 3.05) is 0 Å². The molecule has 3 aromatic rings. The highest BCUT2D eigenvalue weighted by Crippen LogP contribution is 2.44. The number of hydrogen-bond donors (Lipinski definition) is 0. The molecule has 0 N–H and O–H groups in total. The van der Waals surface area contributed by atoms with Crippen LogP contribution in [0.4, 0.5) is 0 Å². The van der Waals surface area contributed by atoms with E-state index in [1.807, 2.05) is 47.8 Å². The van der Waals surface area contributed by atoms with E-state index >= 15 is 0 Å². The summed E-state index contributed by atoms with van der Waals surface area (Å²) in [5, 5.41) is 2.21. The predicted octanol–water partition coefficient (Wildman–Crippen LogP) is 7.16. The van der Waals surface area contributed by atoms with Gasteiger partial charge in [-0.3, -0.25) is 0 Å². The van der Waals surface area contributed by atoms with Crippen molar-refractivity contribution in [3.8, 4) is 5.75 Å². The molecule has 26 heavy (non-hydrogen) atoms. The Morgan fingerprint density at radius 2 is 1.69 bits per heavy atom.